The Bertz CT molecular complexity index is 606. The minimum atomic E-state index is -4.52. The molecular formula is C14H13F3N2O2. The molecule has 1 atom stereocenters. The van der Waals surface area contributed by atoms with Crippen LogP contribution in [0.5, 0.6) is 0 Å². The largest absolute Gasteiger partial charge is 0.467 e. The maximum absolute atomic E-state index is 12.4. The first-order valence-corrected chi connectivity index (χ1v) is 6.14. The number of halogens is 3. The highest BCUT2D eigenvalue weighted by Crippen LogP contribution is 2.27. The van der Waals surface area contributed by atoms with Crippen LogP contribution in [0.2, 0.25) is 0 Å². The van der Waals surface area contributed by atoms with Gasteiger partial charge in [0.25, 0.3) is 5.91 Å². The van der Waals surface area contributed by atoms with Gasteiger partial charge < -0.3 is 9.32 Å². The molecule has 1 amide bonds. The van der Waals surface area contributed by atoms with E-state index in [0.717, 1.165) is 18.3 Å². The van der Waals surface area contributed by atoms with E-state index in [9.17, 15) is 18.0 Å². The van der Waals surface area contributed by atoms with Crippen LogP contribution in [0.15, 0.2) is 41.1 Å². The molecule has 0 aliphatic carbocycles. The molecular weight excluding hydrogens is 285 g/mol. The molecule has 4 nitrogen and oxygen atoms in total. The molecule has 0 spiro atoms. The zero-order valence-corrected chi connectivity index (χ0v) is 11.4. The highest BCUT2D eigenvalue weighted by molar-refractivity contribution is 5.94. The standard InChI is InChI=1S/C14H13F3N2O2/c1-9(11-4-3-7-21-11)19(2)13(20)10-5-6-12(18-8-10)14(15,16)17/h3-9H,1-2H3. The molecule has 1 unspecified atom stereocenters. The molecule has 2 aromatic heterocycles. The van der Waals surface area contributed by atoms with E-state index in [1.165, 1.54) is 11.2 Å². The van der Waals surface area contributed by atoms with Crippen molar-refractivity contribution in [2.45, 2.75) is 19.1 Å². The molecule has 0 aliphatic heterocycles. The van der Waals surface area contributed by atoms with E-state index >= 15 is 0 Å². The molecule has 21 heavy (non-hydrogen) atoms. The fourth-order valence-corrected chi connectivity index (χ4v) is 1.79. The zero-order chi connectivity index (χ0) is 15.6. The van der Waals surface area contributed by atoms with Gasteiger partial charge in [-0.25, -0.2) is 0 Å². The Labute approximate surface area is 119 Å². The van der Waals surface area contributed by atoms with Crippen molar-refractivity contribution in [3.05, 3.63) is 53.7 Å². The second kappa shape index (κ2) is 5.59. The fraction of sp³-hybridized carbons (Fsp3) is 0.286. The maximum atomic E-state index is 12.4. The average Bonchev–Trinajstić information content (AvgIpc) is 2.98. The lowest BCUT2D eigenvalue weighted by Crippen LogP contribution is -2.29. The van der Waals surface area contributed by atoms with Gasteiger partial charge in [-0.2, -0.15) is 13.2 Å². The van der Waals surface area contributed by atoms with Crippen molar-refractivity contribution in [1.29, 1.82) is 0 Å². The summed E-state index contributed by atoms with van der Waals surface area (Å²) >= 11 is 0. The lowest BCUT2D eigenvalue weighted by atomic mass is 10.1. The first kappa shape index (κ1) is 15.1. The summed E-state index contributed by atoms with van der Waals surface area (Å²) in [6, 6.07) is 4.99. The summed E-state index contributed by atoms with van der Waals surface area (Å²) in [5.41, 5.74) is -0.940. The number of nitrogens with zero attached hydrogens (tertiary/aromatic N) is 2. The van der Waals surface area contributed by atoms with Crippen molar-refractivity contribution < 1.29 is 22.4 Å². The first-order valence-electron chi connectivity index (χ1n) is 6.14. The van der Waals surface area contributed by atoms with Gasteiger partial charge in [0, 0.05) is 13.2 Å². The molecule has 2 heterocycles. The Hall–Kier alpha value is -2.31. The molecule has 0 aliphatic rings. The van der Waals surface area contributed by atoms with Crippen LogP contribution >= 0.6 is 0 Å². The van der Waals surface area contributed by atoms with Crippen LogP contribution in [0, 0.1) is 0 Å². The normalized spacial score (nSPS) is 13.0. The smallest absolute Gasteiger partial charge is 0.433 e. The number of furan rings is 1. The van der Waals surface area contributed by atoms with Gasteiger partial charge >= 0.3 is 6.18 Å². The van der Waals surface area contributed by atoms with Crippen molar-refractivity contribution in [2.75, 3.05) is 7.05 Å². The highest BCUT2D eigenvalue weighted by atomic mass is 19.4. The third-order valence-corrected chi connectivity index (χ3v) is 3.16. The van der Waals surface area contributed by atoms with E-state index in [-0.39, 0.29) is 11.6 Å². The SMILES string of the molecule is CC(c1ccco1)N(C)C(=O)c1ccc(C(F)(F)F)nc1. The maximum Gasteiger partial charge on any atom is 0.433 e. The first-order chi connectivity index (χ1) is 9.80. The van der Waals surface area contributed by atoms with Crippen LogP contribution < -0.4 is 0 Å². The highest BCUT2D eigenvalue weighted by Gasteiger charge is 2.32. The number of pyridine rings is 1. The Morgan fingerprint density at radius 3 is 2.52 bits per heavy atom. The van der Waals surface area contributed by atoms with E-state index in [2.05, 4.69) is 4.98 Å². The Balaban J connectivity index is 2.16. The van der Waals surface area contributed by atoms with Gasteiger partial charge in [-0.15, -0.1) is 0 Å². The molecule has 2 aromatic rings. The molecule has 7 heteroatoms. The monoisotopic (exact) mass is 298 g/mol. The van der Waals surface area contributed by atoms with E-state index in [1.807, 2.05) is 0 Å². The van der Waals surface area contributed by atoms with Gasteiger partial charge in [-0.05, 0) is 31.2 Å². The number of hydrogen-bond acceptors (Lipinski definition) is 3. The summed E-state index contributed by atoms with van der Waals surface area (Å²) in [4.78, 5) is 16.9. The lowest BCUT2D eigenvalue weighted by Gasteiger charge is -2.23. The van der Waals surface area contributed by atoms with Gasteiger partial charge in [0.05, 0.1) is 17.9 Å². The Morgan fingerprint density at radius 1 is 1.33 bits per heavy atom. The number of rotatable bonds is 3. The molecule has 0 saturated heterocycles. The van der Waals surface area contributed by atoms with Crippen molar-refractivity contribution >= 4 is 5.91 Å². The summed E-state index contributed by atoms with van der Waals surface area (Å²) in [7, 11) is 1.55. The second-order valence-corrected chi connectivity index (χ2v) is 4.54. The summed E-state index contributed by atoms with van der Waals surface area (Å²) < 4.78 is 42.5. The van der Waals surface area contributed by atoms with Crippen LogP contribution in [0.3, 0.4) is 0 Å². The van der Waals surface area contributed by atoms with E-state index in [4.69, 9.17) is 4.42 Å². The molecule has 0 radical (unpaired) electrons. The zero-order valence-electron chi connectivity index (χ0n) is 11.4. The Morgan fingerprint density at radius 2 is 2.05 bits per heavy atom. The lowest BCUT2D eigenvalue weighted by molar-refractivity contribution is -0.141. The molecule has 0 saturated carbocycles. The molecule has 0 fully saturated rings. The molecule has 112 valence electrons. The summed E-state index contributed by atoms with van der Waals surface area (Å²) in [5, 5.41) is 0. The third kappa shape index (κ3) is 3.24. The quantitative estimate of drug-likeness (QED) is 0.871. The van der Waals surface area contributed by atoms with Crippen molar-refractivity contribution in [2.24, 2.45) is 0 Å². The van der Waals surface area contributed by atoms with Gasteiger partial charge in [-0.3, -0.25) is 9.78 Å². The minimum Gasteiger partial charge on any atom is -0.467 e. The van der Waals surface area contributed by atoms with Gasteiger partial charge in [0.2, 0.25) is 0 Å². The van der Waals surface area contributed by atoms with Crippen LogP contribution in [0.4, 0.5) is 13.2 Å². The molecule has 0 aromatic carbocycles. The number of hydrogen-bond donors (Lipinski definition) is 0. The average molecular weight is 298 g/mol. The van der Waals surface area contributed by atoms with Crippen molar-refractivity contribution in [3.63, 3.8) is 0 Å². The summed E-state index contributed by atoms with van der Waals surface area (Å²) in [5.74, 6) is 0.158. The topological polar surface area (TPSA) is 46.3 Å². The minimum absolute atomic E-state index is 0.0870. The van der Waals surface area contributed by atoms with Crippen molar-refractivity contribution in [3.8, 4) is 0 Å². The molecule has 2 rings (SSSR count). The number of aromatic nitrogens is 1. The van der Waals surface area contributed by atoms with E-state index in [1.54, 1.807) is 26.1 Å². The number of amides is 1. The van der Waals surface area contributed by atoms with Crippen LogP contribution in [0.1, 0.15) is 34.8 Å². The van der Waals surface area contributed by atoms with Crippen LogP contribution in [-0.2, 0) is 6.18 Å². The Kier molecular flexibility index (Phi) is 4.02. The number of carbonyl (C=O) groups is 1. The van der Waals surface area contributed by atoms with Crippen molar-refractivity contribution in [1.82, 2.24) is 9.88 Å². The van der Waals surface area contributed by atoms with Gasteiger partial charge in [0.1, 0.15) is 11.5 Å². The third-order valence-electron chi connectivity index (χ3n) is 3.16. The van der Waals surface area contributed by atoms with Crippen LogP contribution in [-0.4, -0.2) is 22.8 Å². The van der Waals surface area contributed by atoms with E-state index in [0.29, 0.717) is 5.76 Å². The molecule has 0 N–H and O–H groups in total. The van der Waals surface area contributed by atoms with Gasteiger partial charge in [0.15, 0.2) is 0 Å². The summed E-state index contributed by atoms with van der Waals surface area (Å²) in [6.07, 6.45) is -2.10. The van der Waals surface area contributed by atoms with E-state index < -0.39 is 17.8 Å². The predicted molar refractivity (Wildman–Crippen MR) is 68.5 cm³/mol. The predicted octanol–water partition coefficient (Wildman–Crippen LogP) is 3.53. The fourth-order valence-electron chi connectivity index (χ4n) is 1.79. The number of carbonyl (C=O) groups excluding carboxylic acids is 1. The van der Waals surface area contributed by atoms with Gasteiger partial charge in [-0.1, -0.05) is 0 Å². The van der Waals surface area contributed by atoms with Crippen LogP contribution in [0.25, 0.3) is 0 Å². The number of alkyl halides is 3. The second-order valence-electron chi connectivity index (χ2n) is 4.54. The molecule has 0 bridgehead atoms. The summed E-state index contributed by atoms with van der Waals surface area (Å²) in [6.45, 7) is 1.76.